The summed E-state index contributed by atoms with van der Waals surface area (Å²) >= 11 is 0. The average molecular weight is 394 g/mol. The largest absolute Gasteiger partial charge is 0.573 e. The topological polar surface area (TPSA) is 101 Å². The maximum absolute atomic E-state index is 12.4. The molecule has 1 amide bonds. The predicted octanol–water partition coefficient (Wildman–Crippen LogP) is 3.38. The van der Waals surface area contributed by atoms with Crippen LogP contribution in [0.25, 0.3) is 0 Å². The molecule has 1 aromatic carbocycles. The second-order valence-corrected chi connectivity index (χ2v) is 5.48. The molecular formula is C19H21F3N4O2. The number of hydrogen-bond donors (Lipinski definition) is 3. The van der Waals surface area contributed by atoms with E-state index in [1.165, 1.54) is 30.4 Å². The van der Waals surface area contributed by atoms with Crippen LogP contribution in [0.4, 0.5) is 13.2 Å². The second-order valence-electron chi connectivity index (χ2n) is 5.48. The van der Waals surface area contributed by atoms with Crippen LogP contribution in [0.2, 0.25) is 0 Å². The highest BCUT2D eigenvalue weighted by Crippen LogP contribution is 2.26. The normalized spacial score (nSPS) is 13.1. The second kappa shape index (κ2) is 10.1. The Labute approximate surface area is 160 Å². The molecule has 0 bridgehead atoms. The molecule has 0 aliphatic heterocycles. The number of nitrogens with two attached hydrogens (primary N) is 1. The Kier molecular flexibility index (Phi) is 8.18. The Bertz CT molecular complexity index is 840. The number of halogens is 3. The number of carbonyl (C=O) groups is 1. The molecule has 0 atom stereocenters. The van der Waals surface area contributed by atoms with E-state index in [-0.39, 0.29) is 23.5 Å². The van der Waals surface area contributed by atoms with E-state index in [0.29, 0.717) is 11.3 Å². The third kappa shape index (κ3) is 7.10. The summed E-state index contributed by atoms with van der Waals surface area (Å²) in [5.74, 6) is -1.41. The number of nitrogens with zero attached hydrogens (tertiary/aromatic N) is 1. The third-order valence-corrected chi connectivity index (χ3v) is 3.44. The number of ether oxygens (including phenoxy) is 1. The number of nitrogens with one attached hydrogen (secondary N) is 2. The number of carbonyl (C=O) groups excluding carboxylic acids is 1. The number of para-hydroxylation sites is 1. The van der Waals surface area contributed by atoms with Crippen molar-refractivity contribution in [1.82, 2.24) is 5.32 Å². The predicted molar refractivity (Wildman–Crippen MR) is 103 cm³/mol. The van der Waals surface area contributed by atoms with Crippen molar-refractivity contribution in [2.75, 3.05) is 13.6 Å². The molecule has 1 aromatic rings. The molecular weight excluding hydrogens is 373 g/mol. The Morgan fingerprint density at radius 1 is 1.39 bits per heavy atom. The fourth-order valence-corrected chi connectivity index (χ4v) is 2.10. The molecule has 28 heavy (non-hydrogen) atoms. The van der Waals surface area contributed by atoms with Crippen LogP contribution in [-0.4, -0.2) is 37.3 Å². The van der Waals surface area contributed by atoms with E-state index in [0.717, 1.165) is 6.07 Å². The molecule has 0 aliphatic rings. The lowest BCUT2D eigenvalue weighted by molar-refractivity contribution is -0.274. The molecule has 0 fully saturated rings. The van der Waals surface area contributed by atoms with Crippen molar-refractivity contribution in [3.05, 3.63) is 65.9 Å². The first-order chi connectivity index (χ1) is 13.1. The van der Waals surface area contributed by atoms with Crippen LogP contribution in [0.5, 0.6) is 5.75 Å². The Hall–Kier alpha value is -3.36. The summed E-state index contributed by atoms with van der Waals surface area (Å²) in [7, 11) is 1.58. The van der Waals surface area contributed by atoms with Gasteiger partial charge in [0.05, 0.1) is 17.8 Å². The lowest BCUT2D eigenvalue weighted by Crippen LogP contribution is -2.29. The van der Waals surface area contributed by atoms with Gasteiger partial charge in [0.15, 0.2) is 0 Å². The SMILES string of the molecule is C=C/C=C(/C(=N)/C=C(\N)CNC(=O)c1ccccc1OC(F)(F)F)C(C)=NC. The van der Waals surface area contributed by atoms with Crippen LogP contribution in [0.3, 0.4) is 0 Å². The lowest BCUT2D eigenvalue weighted by Gasteiger charge is -2.13. The summed E-state index contributed by atoms with van der Waals surface area (Å²) in [5.41, 5.74) is 6.80. The fourth-order valence-electron chi connectivity index (χ4n) is 2.10. The van der Waals surface area contributed by atoms with Crippen LogP contribution >= 0.6 is 0 Å². The van der Waals surface area contributed by atoms with Crippen molar-refractivity contribution in [1.29, 1.82) is 5.41 Å². The number of benzene rings is 1. The first-order valence-corrected chi connectivity index (χ1v) is 8.03. The van der Waals surface area contributed by atoms with Gasteiger partial charge in [-0.2, -0.15) is 0 Å². The number of aliphatic imine (C=N–C) groups is 1. The lowest BCUT2D eigenvalue weighted by atomic mass is 10.0. The highest BCUT2D eigenvalue weighted by Gasteiger charge is 2.32. The van der Waals surface area contributed by atoms with Crippen molar-refractivity contribution >= 4 is 17.3 Å². The standard InChI is InChI=1S/C19H21F3N4O2/c1-4-7-14(12(2)25-3)16(24)10-13(23)11-26-18(27)15-8-5-6-9-17(15)28-19(20,21)22/h4-10,24H,1,11,23H2,2-3H3,(H,26,27)/b13-10-,14-7+,24-16?,25-12?. The van der Waals surface area contributed by atoms with E-state index in [1.54, 1.807) is 20.0 Å². The number of allylic oxidation sites excluding steroid dienone is 4. The summed E-state index contributed by atoms with van der Waals surface area (Å²) in [5, 5.41) is 10.5. The Morgan fingerprint density at radius 2 is 2.04 bits per heavy atom. The van der Waals surface area contributed by atoms with E-state index in [1.807, 2.05) is 0 Å². The molecule has 0 aliphatic carbocycles. The molecule has 0 saturated heterocycles. The van der Waals surface area contributed by atoms with Gasteiger partial charge in [-0.3, -0.25) is 9.79 Å². The average Bonchev–Trinajstić information content (AvgIpc) is 2.62. The monoisotopic (exact) mass is 394 g/mol. The summed E-state index contributed by atoms with van der Waals surface area (Å²) in [6, 6.07) is 4.96. The highest BCUT2D eigenvalue weighted by atomic mass is 19.4. The van der Waals surface area contributed by atoms with Gasteiger partial charge >= 0.3 is 6.36 Å². The summed E-state index contributed by atoms with van der Waals surface area (Å²) in [6.45, 7) is 5.12. The number of alkyl halides is 3. The van der Waals surface area contributed by atoms with Gasteiger partial charge < -0.3 is 21.2 Å². The van der Waals surface area contributed by atoms with Crippen molar-refractivity contribution < 1.29 is 22.7 Å². The first-order valence-electron chi connectivity index (χ1n) is 8.03. The maximum Gasteiger partial charge on any atom is 0.573 e. The van der Waals surface area contributed by atoms with Gasteiger partial charge in [-0.1, -0.05) is 30.9 Å². The number of hydrogen-bond acceptors (Lipinski definition) is 5. The van der Waals surface area contributed by atoms with Crippen LogP contribution in [0, 0.1) is 5.41 Å². The van der Waals surface area contributed by atoms with Gasteiger partial charge in [-0.15, -0.1) is 13.2 Å². The molecule has 0 unspecified atom stereocenters. The number of rotatable bonds is 8. The van der Waals surface area contributed by atoms with Gasteiger partial charge in [-0.25, -0.2) is 0 Å². The van der Waals surface area contributed by atoms with Crippen LogP contribution < -0.4 is 15.8 Å². The van der Waals surface area contributed by atoms with E-state index >= 15 is 0 Å². The van der Waals surface area contributed by atoms with Gasteiger partial charge in [0.1, 0.15) is 5.75 Å². The molecule has 1 rings (SSSR count). The Balaban J connectivity index is 2.88. The zero-order valence-electron chi connectivity index (χ0n) is 15.4. The summed E-state index contributed by atoms with van der Waals surface area (Å²) in [6.07, 6.45) is -0.501. The van der Waals surface area contributed by atoms with Gasteiger partial charge in [-0.05, 0) is 25.1 Å². The summed E-state index contributed by atoms with van der Waals surface area (Å²) < 4.78 is 41.2. The molecule has 0 aromatic heterocycles. The minimum Gasteiger partial charge on any atom is -0.405 e. The molecule has 0 spiro atoms. The van der Waals surface area contributed by atoms with Crippen molar-refractivity contribution in [3.8, 4) is 5.75 Å². The first kappa shape index (κ1) is 22.7. The molecule has 9 heteroatoms. The fraction of sp³-hybridized carbons (Fsp3) is 0.211. The maximum atomic E-state index is 12.4. The molecule has 0 radical (unpaired) electrons. The quantitative estimate of drug-likeness (QED) is 0.465. The van der Waals surface area contributed by atoms with E-state index in [9.17, 15) is 18.0 Å². The minimum atomic E-state index is -4.92. The number of amides is 1. The van der Waals surface area contributed by atoms with Crippen molar-refractivity contribution in [2.24, 2.45) is 10.7 Å². The van der Waals surface area contributed by atoms with E-state index in [2.05, 4.69) is 21.6 Å². The van der Waals surface area contributed by atoms with E-state index < -0.39 is 18.0 Å². The molecule has 0 heterocycles. The van der Waals surface area contributed by atoms with Gasteiger partial charge in [0, 0.05) is 24.0 Å². The third-order valence-electron chi connectivity index (χ3n) is 3.44. The van der Waals surface area contributed by atoms with Crippen LogP contribution in [0.15, 0.2) is 65.3 Å². The van der Waals surface area contributed by atoms with Gasteiger partial charge in [0.25, 0.3) is 5.91 Å². The molecule has 0 saturated carbocycles. The van der Waals surface area contributed by atoms with Crippen LogP contribution in [0.1, 0.15) is 17.3 Å². The highest BCUT2D eigenvalue weighted by molar-refractivity contribution is 6.26. The molecule has 6 nitrogen and oxygen atoms in total. The van der Waals surface area contributed by atoms with Crippen molar-refractivity contribution in [3.63, 3.8) is 0 Å². The zero-order valence-corrected chi connectivity index (χ0v) is 15.4. The van der Waals surface area contributed by atoms with Crippen LogP contribution in [-0.2, 0) is 0 Å². The molecule has 4 N–H and O–H groups in total. The zero-order chi connectivity index (χ0) is 21.3. The molecule has 150 valence electrons. The van der Waals surface area contributed by atoms with E-state index in [4.69, 9.17) is 11.1 Å². The summed E-state index contributed by atoms with van der Waals surface area (Å²) in [4.78, 5) is 16.2. The van der Waals surface area contributed by atoms with Gasteiger partial charge in [0.2, 0.25) is 0 Å². The Morgan fingerprint density at radius 3 is 2.61 bits per heavy atom. The smallest absolute Gasteiger partial charge is 0.405 e. The minimum absolute atomic E-state index is 0.0514. The van der Waals surface area contributed by atoms with Crippen molar-refractivity contribution in [2.45, 2.75) is 13.3 Å².